The lowest BCUT2D eigenvalue weighted by Crippen LogP contribution is -2.06. The molecule has 1 rings (SSSR count). The number of methoxy groups -OCH3 is 1. The molecule has 0 aliphatic heterocycles. The van der Waals surface area contributed by atoms with Crippen molar-refractivity contribution < 1.29 is 14.3 Å². The molecule has 70 valence electrons. The van der Waals surface area contributed by atoms with Gasteiger partial charge in [-0.05, 0) is 6.92 Å². The second-order valence-corrected chi connectivity index (χ2v) is 2.18. The third kappa shape index (κ3) is 2.40. The van der Waals surface area contributed by atoms with E-state index in [0.717, 1.165) is 0 Å². The minimum atomic E-state index is -0.426. The van der Waals surface area contributed by atoms with Crippen LogP contribution in [-0.2, 0) is 4.74 Å². The number of carbonyl (C=O) groups excluding carboxylic acids is 1. The number of ether oxygens (including phenoxy) is 2. The Bertz CT molecular complexity index is 284. The molecule has 0 bridgehead atoms. The molecule has 0 spiro atoms. The summed E-state index contributed by atoms with van der Waals surface area (Å²) in [7, 11) is 1.46. The summed E-state index contributed by atoms with van der Waals surface area (Å²) < 4.78 is 9.48. The number of hydrogen-bond acceptors (Lipinski definition) is 5. The highest BCUT2D eigenvalue weighted by atomic mass is 16.5. The molecule has 1 heterocycles. The summed E-state index contributed by atoms with van der Waals surface area (Å²) in [5, 5.41) is 0. The predicted octanol–water partition coefficient (Wildman–Crippen LogP) is 0.662. The van der Waals surface area contributed by atoms with Gasteiger partial charge in [-0.3, -0.25) is 0 Å². The van der Waals surface area contributed by atoms with Crippen LogP contribution in [0.15, 0.2) is 12.4 Å². The lowest BCUT2D eigenvalue weighted by molar-refractivity contribution is 0.0525. The number of esters is 1. The Morgan fingerprint density at radius 2 is 2.08 bits per heavy atom. The van der Waals surface area contributed by atoms with Crippen molar-refractivity contribution in [1.29, 1.82) is 0 Å². The van der Waals surface area contributed by atoms with Gasteiger partial charge in [0.1, 0.15) is 0 Å². The predicted molar refractivity (Wildman–Crippen MR) is 44.5 cm³/mol. The molecule has 0 saturated heterocycles. The van der Waals surface area contributed by atoms with Gasteiger partial charge in [-0.2, -0.15) is 0 Å². The van der Waals surface area contributed by atoms with Gasteiger partial charge in [0.15, 0.2) is 0 Å². The molecule has 0 aromatic carbocycles. The van der Waals surface area contributed by atoms with Crippen LogP contribution in [0.5, 0.6) is 6.01 Å². The second kappa shape index (κ2) is 4.39. The molecular weight excluding hydrogens is 172 g/mol. The topological polar surface area (TPSA) is 61.3 Å². The molecular formula is C8H10N2O3. The van der Waals surface area contributed by atoms with Crippen LogP contribution in [-0.4, -0.2) is 29.7 Å². The third-order valence-electron chi connectivity index (χ3n) is 1.32. The highest BCUT2D eigenvalue weighted by Crippen LogP contribution is 2.02. The highest BCUT2D eigenvalue weighted by Gasteiger charge is 2.06. The van der Waals surface area contributed by atoms with Crippen LogP contribution in [0.4, 0.5) is 0 Å². The van der Waals surface area contributed by atoms with Gasteiger partial charge in [0.25, 0.3) is 0 Å². The first-order valence-electron chi connectivity index (χ1n) is 3.81. The van der Waals surface area contributed by atoms with Gasteiger partial charge in [-0.25, -0.2) is 14.8 Å². The normalized spacial score (nSPS) is 9.38. The van der Waals surface area contributed by atoms with Crippen molar-refractivity contribution in [1.82, 2.24) is 9.97 Å². The Labute approximate surface area is 75.7 Å². The molecule has 0 N–H and O–H groups in total. The fourth-order valence-corrected chi connectivity index (χ4v) is 0.741. The molecule has 13 heavy (non-hydrogen) atoms. The van der Waals surface area contributed by atoms with Crippen molar-refractivity contribution in [3.8, 4) is 6.01 Å². The van der Waals surface area contributed by atoms with E-state index in [4.69, 9.17) is 9.47 Å². The monoisotopic (exact) mass is 182 g/mol. The Morgan fingerprint density at radius 1 is 1.46 bits per heavy atom. The number of carbonyl (C=O) groups is 1. The largest absolute Gasteiger partial charge is 0.467 e. The molecule has 0 saturated carbocycles. The van der Waals surface area contributed by atoms with Crippen molar-refractivity contribution in [3.63, 3.8) is 0 Å². The standard InChI is InChI=1S/C8H10N2O3/c1-3-13-7(11)6-4-9-8(12-2)10-5-6/h4-5H,3H2,1-2H3. The minimum Gasteiger partial charge on any atom is -0.467 e. The first-order chi connectivity index (χ1) is 6.27. The molecule has 0 aliphatic carbocycles. The zero-order valence-corrected chi connectivity index (χ0v) is 7.48. The van der Waals surface area contributed by atoms with Crippen LogP contribution in [0.2, 0.25) is 0 Å². The fraction of sp³-hybridized carbons (Fsp3) is 0.375. The van der Waals surface area contributed by atoms with Crippen LogP contribution in [0.25, 0.3) is 0 Å². The molecule has 5 nitrogen and oxygen atoms in total. The van der Waals surface area contributed by atoms with E-state index >= 15 is 0 Å². The molecule has 0 unspecified atom stereocenters. The van der Waals surface area contributed by atoms with Gasteiger partial charge >= 0.3 is 12.0 Å². The average Bonchev–Trinajstić information content (AvgIpc) is 2.18. The van der Waals surface area contributed by atoms with E-state index in [1.54, 1.807) is 6.92 Å². The van der Waals surface area contributed by atoms with Crippen LogP contribution < -0.4 is 4.74 Å². The van der Waals surface area contributed by atoms with Crippen molar-refractivity contribution in [2.24, 2.45) is 0 Å². The van der Waals surface area contributed by atoms with E-state index in [1.165, 1.54) is 19.5 Å². The Morgan fingerprint density at radius 3 is 2.54 bits per heavy atom. The molecule has 5 heteroatoms. The van der Waals surface area contributed by atoms with Gasteiger partial charge in [-0.15, -0.1) is 0 Å². The Hall–Kier alpha value is -1.65. The lowest BCUT2D eigenvalue weighted by Gasteiger charge is -2.00. The van der Waals surface area contributed by atoms with E-state index in [-0.39, 0.29) is 6.01 Å². The SMILES string of the molecule is CCOC(=O)c1cnc(OC)nc1. The van der Waals surface area contributed by atoms with Crippen molar-refractivity contribution in [2.75, 3.05) is 13.7 Å². The molecule has 0 fully saturated rings. The molecule has 0 atom stereocenters. The first-order valence-corrected chi connectivity index (χ1v) is 3.81. The smallest absolute Gasteiger partial charge is 0.341 e. The van der Waals surface area contributed by atoms with E-state index in [9.17, 15) is 4.79 Å². The van der Waals surface area contributed by atoms with Gasteiger partial charge in [0.05, 0.1) is 19.3 Å². The van der Waals surface area contributed by atoms with Gasteiger partial charge in [0.2, 0.25) is 0 Å². The maximum atomic E-state index is 11.1. The summed E-state index contributed by atoms with van der Waals surface area (Å²) in [4.78, 5) is 18.6. The summed E-state index contributed by atoms with van der Waals surface area (Å²) in [6, 6.07) is 0.230. The first kappa shape index (κ1) is 9.44. The van der Waals surface area contributed by atoms with Crippen LogP contribution in [0.1, 0.15) is 17.3 Å². The highest BCUT2D eigenvalue weighted by molar-refractivity contribution is 5.88. The van der Waals surface area contributed by atoms with Crippen molar-refractivity contribution in [2.45, 2.75) is 6.92 Å². The summed E-state index contributed by atoms with van der Waals surface area (Å²) in [5.74, 6) is -0.426. The number of rotatable bonds is 3. The summed E-state index contributed by atoms with van der Waals surface area (Å²) in [6.45, 7) is 2.08. The number of hydrogen-bond donors (Lipinski definition) is 0. The quantitative estimate of drug-likeness (QED) is 0.642. The summed E-state index contributed by atoms with van der Waals surface area (Å²) in [5.41, 5.74) is 0.322. The zero-order chi connectivity index (χ0) is 9.68. The van der Waals surface area contributed by atoms with Gasteiger partial charge in [0, 0.05) is 12.4 Å². The molecule has 1 aromatic rings. The van der Waals surface area contributed by atoms with Gasteiger partial charge < -0.3 is 9.47 Å². The molecule has 0 amide bonds. The van der Waals surface area contributed by atoms with Crippen molar-refractivity contribution in [3.05, 3.63) is 18.0 Å². The average molecular weight is 182 g/mol. The zero-order valence-electron chi connectivity index (χ0n) is 7.48. The van der Waals surface area contributed by atoms with Crippen LogP contribution in [0.3, 0.4) is 0 Å². The van der Waals surface area contributed by atoms with Crippen molar-refractivity contribution >= 4 is 5.97 Å². The van der Waals surface area contributed by atoms with Crippen LogP contribution in [0, 0.1) is 0 Å². The molecule has 1 aromatic heterocycles. The maximum absolute atomic E-state index is 11.1. The van der Waals surface area contributed by atoms with E-state index < -0.39 is 5.97 Å². The molecule has 0 radical (unpaired) electrons. The number of aromatic nitrogens is 2. The second-order valence-electron chi connectivity index (χ2n) is 2.18. The third-order valence-corrected chi connectivity index (χ3v) is 1.32. The summed E-state index contributed by atoms with van der Waals surface area (Å²) in [6.07, 6.45) is 2.73. The Balaban J connectivity index is 2.74. The van der Waals surface area contributed by atoms with E-state index in [0.29, 0.717) is 12.2 Å². The number of nitrogens with zero attached hydrogens (tertiary/aromatic N) is 2. The Kier molecular flexibility index (Phi) is 3.19. The van der Waals surface area contributed by atoms with Gasteiger partial charge in [-0.1, -0.05) is 0 Å². The fourth-order valence-electron chi connectivity index (χ4n) is 0.741. The lowest BCUT2D eigenvalue weighted by atomic mass is 10.3. The summed E-state index contributed by atoms with van der Waals surface area (Å²) >= 11 is 0. The van der Waals surface area contributed by atoms with E-state index in [1.807, 2.05) is 0 Å². The van der Waals surface area contributed by atoms with Crippen LogP contribution >= 0.6 is 0 Å². The molecule has 0 aliphatic rings. The van der Waals surface area contributed by atoms with E-state index in [2.05, 4.69) is 9.97 Å². The maximum Gasteiger partial charge on any atom is 0.341 e. The minimum absolute atomic E-state index is 0.230.